The van der Waals surface area contributed by atoms with Crippen LogP contribution < -0.4 is 5.32 Å². The van der Waals surface area contributed by atoms with Crippen LogP contribution in [-0.4, -0.2) is 82.0 Å². The van der Waals surface area contributed by atoms with Crippen molar-refractivity contribution >= 4 is 29.9 Å². The molecule has 7 nitrogen and oxygen atoms in total. The molecule has 1 fully saturated rings. The number of nitrogens with zero attached hydrogens (tertiary/aromatic N) is 3. The van der Waals surface area contributed by atoms with Gasteiger partial charge >= 0.3 is 0 Å². The Balaban J connectivity index is 0.00000420. The highest BCUT2D eigenvalue weighted by Crippen LogP contribution is 2.22. The molecule has 1 aliphatic rings. The molecule has 1 aromatic rings. The van der Waals surface area contributed by atoms with Crippen molar-refractivity contribution in [1.29, 1.82) is 0 Å². The molecule has 0 spiro atoms. The molecule has 168 valence electrons. The van der Waals surface area contributed by atoms with Crippen molar-refractivity contribution in [3.63, 3.8) is 0 Å². The fourth-order valence-electron chi connectivity index (χ4n) is 3.68. The molecule has 0 saturated carbocycles. The quantitative estimate of drug-likeness (QED) is 0.197. The van der Waals surface area contributed by atoms with Crippen LogP contribution in [0, 0.1) is 5.92 Å². The Kier molecular flexibility index (Phi) is 13.6. The molecule has 29 heavy (non-hydrogen) atoms. The zero-order chi connectivity index (χ0) is 20.2. The van der Waals surface area contributed by atoms with Gasteiger partial charge in [0.25, 0.3) is 0 Å². The Morgan fingerprint density at radius 2 is 2.14 bits per heavy atom. The highest BCUT2D eigenvalue weighted by molar-refractivity contribution is 14.0. The van der Waals surface area contributed by atoms with Gasteiger partial charge in [-0.25, -0.2) is 0 Å². The van der Waals surface area contributed by atoms with Crippen LogP contribution in [0.5, 0.6) is 0 Å². The summed E-state index contributed by atoms with van der Waals surface area (Å²) in [5, 5.41) is 3.46. The Bertz CT molecular complexity index is 552. The van der Waals surface area contributed by atoms with E-state index in [1.165, 1.54) is 0 Å². The molecule has 2 atom stereocenters. The normalized spacial score (nSPS) is 18.2. The van der Waals surface area contributed by atoms with Crippen LogP contribution in [0.4, 0.5) is 0 Å². The molecular weight excluding hydrogens is 483 g/mol. The maximum atomic E-state index is 5.72. The van der Waals surface area contributed by atoms with Crippen molar-refractivity contribution in [2.45, 2.75) is 33.2 Å². The number of hydrogen-bond acceptors (Lipinski definition) is 5. The van der Waals surface area contributed by atoms with E-state index in [4.69, 9.17) is 18.9 Å². The molecule has 0 amide bonds. The number of ether oxygens (including phenoxy) is 2. The zero-order valence-corrected chi connectivity index (χ0v) is 20.8. The number of furan rings is 1. The highest BCUT2D eigenvalue weighted by atomic mass is 127. The van der Waals surface area contributed by atoms with Crippen LogP contribution in [-0.2, 0) is 9.47 Å². The lowest BCUT2D eigenvalue weighted by molar-refractivity contribution is 0.0536. The van der Waals surface area contributed by atoms with Crippen LogP contribution in [0.15, 0.2) is 27.8 Å². The summed E-state index contributed by atoms with van der Waals surface area (Å²) in [5.74, 6) is 2.52. The first kappa shape index (κ1) is 26.2. The second kappa shape index (κ2) is 15.0. The molecular formula is C21H39IN4O3. The van der Waals surface area contributed by atoms with Gasteiger partial charge in [-0.05, 0) is 38.6 Å². The van der Waals surface area contributed by atoms with Crippen LogP contribution in [0.3, 0.4) is 0 Å². The van der Waals surface area contributed by atoms with Gasteiger partial charge in [0.15, 0.2) is 5.96 Å². The van der Waals surface area contributed by atoms with E-state index in [0.717, 1.165) is 57.5 Å². The van der Waals surface area contributed by atoms with Crippen molar-refractivity contribution in [3.05, 3.63) is 24.2 Å². The van der Waals surface area contributed by atoms with Crippen molar-refractivity contribution in [3.8, 4) is 0 Å². The van der Waals surface area contributed by atoms with Gasteiger partial charge < -0.3 is 24.1 Å². The zero-order valence-electron chi connectivity index (χ0n) is 18.4. The molecule has 0 bridgehead atoms. The molecule has 1 saturated heterocycles. The van der Waals surface area contributed by atoms with E-state index in [9.17, 15) is 0 Å². The van der Waals surface area contributed by atoms with Gasteiger partial charge in [0, 0.05) is 32.7 Å². The van der Waals surface area contributed by atoms with Crippen molar-refractivity contribution in [2.75, 3.05) is 66.2 Å². The number of likely N-dealkylation sites (tertiary alicyclic amines) is 1. The van der Waals surface area contributed by atoms with Crippen LogP contribution >= 0.6 is 24.0 Å². The SMILES string of the molecule is CCNC(=NCC(c1ccco1)N(CC)CC)N1CCC(COCCOC)C1.I. The second-order valence-corrected chi connectivity index (χ2v) is 7.12. The third kappa shape index (κ3) is 8.43. The van der Waals surface area contributed by atoms with Crippen molar-refractivity contribution < 1.29 is 13.9 Å². The van der Waals surface area contributed by atoms with E-state index in [0.29, 0.717) is 25.7 Å². The molecule has 8 heteroatoms. The lowest BCUT2D eigenvalue weighted by Crippen LogP contribution is -2.41. The largest absolute Gasteiger partial charge is 0.468 e. The monoisotopic (exact) mass is 522 g/mol. The lowest BCUT2D eigenvalue weighted by atomic mass is 10.1. The van der Waals surface area contributed by atoms with Crippen LogP contribution in [0.25, 0.3) is 0 Å². The summed E-state index contributed by atoms with van der Waals surface area (Å²) >= 11 is 0. The Morgan fingerprint density at radius 3 is 2.76 bits per heavy atom. The minimum absolute atomic E-state index is 0. The predicted octanol–water partition coefficient (Wildman–Crippen LogP) is 3.23. The minimum Gasteiger partial charge on any atom is -0.468 e. The summed E-state index contributed by atoms with van der Waals surface area (Å²) in [7, 11) is 1.70. The number of hydrogen-bond donors (Lipinski definition) is 1. The topological polar surface area (TPSA) is 62.5 Å². The van der Waals surface area contributed by atoms with E-state index in [1.807, 2.05) is 6.07 Å². The van der Waals surface area contributed by atoms with E-state index in [1.54, 1.807) is 13.4 Å². The van der Waals surface area contributed by atoms with Crippen molar-refractivity contribution in [1.82, 2.24) is 15.1 Å². The van der Waals surface area contributed by atoms with E-state index in [-0.39, 0.29) is 30.0 Å². The Hall–Kier alpha value is -0.840. The molecule has 2 rings (SSSR count). The summed E-state index contributed by atoms with van der Waals surface area (Å²) < 4.78 is 16.5. The fraction of sp³-hybridized carbons (Fsp3) is 0.762. The summed E-state index contributed by atoms with van der Waals surface area (Å²) in [4.78, 5) is 9.73. The predicted molar refractivity (Wildman–Crippen MR) is 128 cm³/mol. The maximum Gasteiger partial charge on any atom is 0.193 e. The summed E-state index contributed by atoms with van der Waals surface area (Å²) in [6.45, 7) is 14.1. The first-order valence-corrected chi connectivity index (χ1v) is 10.6. The average molecular weight is 522 g/mol. The van der Waals surface area contributed by atoms with Gasteiger partial charge in [-0.2, -0.15) is 0 Å². The average Bonchev–Trinajstić information content (AvgIpc) is 3.40. The third-order valence-corrected chi connectivity index (χ3v) is 5.24. The number of likely N-dealkylation sites (N-methyl/N-ethyl adjacent to an activating group) is 1. The molecule has 0 aromatic carbocycles. The van der Waals surface area contributed by atoms with E-state index < -0.39 is 0 Å². The van der Waals surface area contributed by atoms with Gasteiger partial charge in [-0.1, -0.05) is 13.8 Å². The summed E-state index contributed by atoms with van der Waals surface area (Å²) in [5.41, 5.74) is 0. The number of rotatable bonds is 12. The third-order valence-electron chi connectivity index (χ3n) is 5.24. The number of halogens is 1. The lowest BCUT2D eigenvalue weighted by Gasteiger charge is -2.28. The van der Waals surface area contributed by atoms with Crippen LogP contribution in [0.1, 0.15) is 39.0 Å². The smallest absolute Gasteiger partial charge is 0.193 e. The molecule has 1 aliphatic heterocycles. The molecule has 1 N–H and O–H groups in total. The first-order chi connectivity index (χ1) is 13.7. The van der Waals surface area contributed by atoms with Gasteiger partial charge in [-0.3, -0.25) is 9.89 Å². The summed E-state index contributed by atoms with van der Waals surface area (Å²) in [6, 6.07) is 4.17. The molecule has 2 unspecified atom stereocenters. The van der Waals surface area contributed by atoms with Gasteiger partial charge in [0.1, 0.15) is 5.76 Å². The number of methoxy groups -OCH3 is 1. The standard InChI is InChI=1S/C21H38N4O3.HI/c1-5-22-21(25-11-10-18(16-25)17-27-14-13-26-4)23-15-19(24(6-2)7-3)20-9-8-12-28-20;/h8-9,12,18-19H,5-7,10-11,13-17H2,1-4H3,(H,22,23);1H. The number of nitrogens with one attached hydrogen (secondary N) is 1. The number of aliphatic imine (C=N–C) groups is 1. The highest BCUT2D eigenvalue weighted by Gasteiger charge is 2.26. The first-order valence-electron chi connectivity index (χ1n) is 10.6. The number of guanidine groups is 1. The van der Waals surface area contributed by atoms with E-state index in [2.05, 4.69) is 42.0 Å². The van der Waals surface area contributed by atoms with Crippen LogP contribution in [0.2, 0.25) is 0 Å². The van der Waals surface area contributed by atoms with Gasteiger partial charge in [0.2, 0.25) is 0 Å². The van der Waals surface area contributed by atoms with E-state index >= 15 is 0 Å². The fourth-order valence-corrected chi connectivity index (χ4v) is 3.68. The summed E-state index contributed by atoms with van der Waals surface area (Å²) in [6.07, 6.45) is 2.88. The minimum atomic E-state index is 0. The van der Waals surface area contributed by atoms with Crippen molar-refractivity contribution in [2.24, 2.45) is 10.9 Å². The van der Waals surface area contributed by atoms with Gasteiger partial charge in [-0.15, -0.1) is 24.0 Å². The second-order valence-electron chi connectivity index (χ2n) is 7.12. The Labute approximate surface area is 193 Å². The molecule has 2 heterocycles. The maximum absolute atomic E-state index is 5.72. The Morgan fingerprint density at radius 1 is 1.34 bits per heavy atom. The molecule has 0 aliphatic carbocycles. The molecule has 1 aromatic heterocycles. The molecule has 0 radical (unpaired) electrons. The van der Waals surface area contributed by atoms with Gasteiger partial charge in [0.05, 0.1) is 38.7 Å².